The van der Waals surface area contributed by atoms with E-state index in [0.29, 0.717) is 12.2 Å². The molecule has 0 saturated carbocycles. The highest BCUT2D eigenvalue weighted by atomic mass is 32.2. The van der Waals surface area contributed by atoms with Gasteiger partial charge in [-0.1, -0.05) is 19.1 Å². The average molecular weight is 387 g/mol. The molecule has 1 aliphatic heterocycles. The van der Waals surface area contributed by atoms with Crippen molar-refractivity contribution in [3.8, 4) is 5.75 Å². The molecule has 3 N–H and O–H groups in total. The van der Waals surface area contributed by atoms with Crippen LogP contribution in [0.3, 0.4) is 0 Å². The third-order valence-electron chi connectivity index (χ3n) is 3.81. The van der Waals surface area contributed by atoms with E-state index in [1.807, 2.05) is 13.8 Å². The molecule has 1 aliphatic rings. The number of aliphatic imine (C=N–C) groups is 1. The highest BCUT2D eigenvalue weighted by Crippen LogP contribution is 2.34. The Kier molecular flexibility index (Phi) is 4.87. The van der Waals surface area contributed by atoms with Gasteiger partial charge in [-0.25, -0.2) is 9.57 Å². The molecule has 9 nitrogen and oxygen atoms in total. The number of aryl methyl sites for hydroxylation is 1. The number of aromatic hydroxyl groups is 1. The third-order valence-corrected chi connectivity index (χ3v) is 4.69. The number of hydrogen-bond donors (Lipinski definition) is 3. The van der Waals surface area contributed by atoms with Gasteiger partial charge in [-0.05, 0) is 31.5 Å². The first kappa shape index (κ1) is 18.5. The van der Waals surface area contributed by atoms with Crippen molar-refractivity contribution in [2.75, 3.05) is 5.32 Å². The van der Waals surface area contributed by atoms with Gasteiger partial charge in [-0.3, -0.25) is 4.99 Å². The van der Waals surface area contributed by atoms with E-state index in [9.17, 15) is 13.5 Å². The zero-order chi connectivity index (χ0) is 19.6. The molecule has 0 amide bonds. The van der Waals surface area contributed by atoms with Crippen molar-refractivity contribution in [1.29, 1.82) is 0 Å². The SMILES string of the molecule is [C-]#[N+]c1cccc(NC2=NS(=O)(=O)NC2=N[C@H](CC)c2ccc(C)o2)c1O. The first-order valence-corrected chi connectivity index (χ1v) is 9.50. The molecule has 1 atom stereocenters. The summed E-state index contributed by atoms with van der Waals surface area (Å²) in [5.74, 6) is 0.958. The van der Waals surface area contributed by atoms with Gasteiger partial charge in [0, 0.05) is 0 Å². The predicted octanol–water partition coefficient (Wildman–Crippen LogP) is 3.05. The van der Waals surface area contributed by atoms with Gasteiger partial charge in [-0.2, -0.15) is 8.42 Å². The van der Waals surface area contributed by atoms with E-state index in [4.69, 9.17) is 11.0 Å². The summed E-state index contributed by atoms with van der Waals surface area (Å²) in [4.78, 5) is 7.62. The Morgan fingerprint density at radius 1 is 1.41 bits per heavy atom. The van der Waals surface area contributed by atoms with Gasteiger partial charge < -0.3 is 14.8 Å². The molecule has 27 heavy (non-hydrogen) atoms. The van der Waals surface area contributed by atoms with E-state index in [-0.39, 0.29) is 28.8 Å². The van der Waals surface area contributed by atoms with Crippen LogP contribution in [-0.4, -0.2) is 25.2 Å². The minimum Gasteiger partial charge on any atom is -0.517 e. The fourth-order valence-corrected chi connectivity index (χ4v) is 3.33. The number of anilines is 1. The second-order valence-corrected chi connectivity index (χ2v) is 7.11. The second kappa shape index (κ2) is 7.13. The van der Waals surface area contributed by atoms with Gasteiger partial charge in [-0.15, -0.1) is 4.40 Å². The van der Waals surface area contributed by atoms with Gasteiger partial charge in [0.15, 0.2) is 11.7 Å². The molecule has 1 aromatic carbocycles. The standard InChI is InChI=1S/C17H17N5O4S/c1-4-11(14-9-8-10(2)26-14)19-16-17(22-27(24,25)21-16)20-13-7-5-6-12(18-3)15(13)23/h5-9,11,23H,4H2,1-2H3,(H,19,21)(H,20,22)/t11-/m1/s1. The topological polar surface area (TPSA) is 121 Å². The zero-order valence-corrected chi connectivity index (χ0v) is 15.4. The first-order valence-electron chi connectivity index (χ1n) is 8.06. The van der Waals surface area contributed by atoms with E-state index >= 15 is 0 Å². The van der Waals surface area contributed by atoms with Crippen LogP contribution in [0.5, 0.6) is 5.75 Å². The molecular formula is C17H17N5O4S. The number of amidine groups is 2. The molecule has 0 spiro atoms. The molecule has 2 aromatic rings. The lowest BCUT2D eigenvalue weighted by atomic mass is 10.2. The summed E-state index contributed by atoms with van der Waals surface area (Å²) in [6.07, 6.45) is 0.573. The van der Waals surface area contributed by atoms with Gasteiger partial charge in [0.2, 0.25) is 5.69 Å². The Morgan fingerprint density at radius 2 is 2.19 bits per heavy atom. The molecular weight excluding hydrogens is 370 g/mol. The van der Waals surface area contributed by atoms with Crippen molar-refractivity contribution >= 4 is 33.3 Å². The van der Waals surface area contributed by atoms with Crippen LogP contribution >= 0.6 is 0 Å². The van der Waals surface area contributed by atoms with Crippen LogP contribution in [0, 0.1) is 13.5 Å². The molecule has 0 radical (unpaired) electrons. The Balaban J connectivity index is 1.96. The minimum atomic E-state index is -3.95. The van der Waals surface area contributed by atoms with Crippen LogP contribution in [0.15, 0.2) is 44.1 Å². The van der Waals surface area contributed by atoms with Crippen molar-refractivity contribution in [1.82, 2.24) is 4.72 Å². The summed E-state index contributed by atoms with van der Waals surface area (Å²) in [5, 5.41) is 12.8. The van der Waals surface area contributed by atoms with Gasteiger partial charge in [0.1, 0.15) is 23.3 Å². The molecule has 3 rings (SSSR count). The summed E-state index contributed by atoms with van der Waals surface area (Å²) >= 11 is 0. The summed E-state index contributed by atoms with van der Waals surface area (Å²) in [6.45, 7) is 10.8. The van der Waals surface area contributed by atoms with Crippen molar-refractivity contribution in [2.24, 2.45) is 9.39 Å². The molecule has 0 unspecified atom stereocenters. The Bertz CT molecular complexity index is 1080. The van der Waals surface area contributed by atoms with Gasteiger partial charge in [0.05, 0.1) is 12.3 Å². The highest BCUT2D eigenvalue weighted by molar-refractivity contribution is 7.89. The zero-order valence-electron chi connectivity index (χ0n) is 14.6. The van der Waals surface area contributed by atoms with E-state index in [1.54, 1.807) is 18.2 Å². The normalized spacial score (nSPS) is 17.8. The predicted molar refractivity (Wildman–Crippen MR) is 101 cm³/mol. The maximum absolute atomic E-state index is 11.9. The maximum Gasteiger partial charge on any atom is 0.345 e. The van der Waals surface area contributed by atoms with Crippen LogP contribution < -0.4 is 10.0 Å². The number of hydrogen-bond acceptors (Lipinski definition) is 6. The first-order chi connectivity index (χ1) is 12.8. The summed E-state index contributed by atoms with van der Waals surface area (Å²) < 4.78 is 35.3. The van der Waals surface area contributed by atoms with Crippen molar-refractivity contribution in [3.05, 3.63) is 53.3 Å². The number of nitrogens with one attached hydrogen (secondary N) is 2. The van der Waals surface area contributed by atoms with Crippen LogP contribution in [-0.2, 0) is 10.2 Å². The van der Waals surface area contributed by atoms with E-state index in [2.05, 4.69) is 24.3 Å². The van der Waals surface area contributed by atoms with Crippen LogP contribution in [0.25, 0.3) is 4.85 Å². The number of para-hydroxylation sites is 1. The molecule has 0 saturated heterocycles. The lowest BCUT2D eigenvalue weighted by Gasteiger charge is -2.11. The van der Waals surface area contributed by atoms with E-state index < -0.39 is 16.3 Å². The van der Waals surface area contributed by atoms with Crippen LogP contribution in [0.1, 0.15) is 30.9 Å². The number of rotatable bonds is 4. The molecule has 0 bridgehead atoms. The lowest BCUT2D eigenvalue weighted by Crippen LogP contribution is -2.31. The number of furan rings is 1. The number of phenolic OH excluding ortho intramolecular Hbond substituents is 1. The van der Waals surface area contributed by atoms with Crippen molar-refractivity contribution in [3.63, 3.8) is 0 Å². The second-order valence-electron chi connectivity index (χ2n) is 5.78. The third kappa shape index (κ3) is 3.93. The largest absolute Gasteiger partial charge is 0.517 e. The highest BCUT2D eigenvalue weighted by Gasteiger charge is 2.28. The Labute approximate surface area is 156 Å². The number of nitrogens with zero attached hydrogens (tertiary/aromatic N) is 3. The molecule has 1 aromatic heterocycles. The van der Waals surface area contributed by atoms with E-state index in [0.717, 1.165) is 5.76 Å². The number of benzene rings is 1. The minimum absolute atomic E-state index is 0.00326. The van der Waals surface area contributed by atoms with Crippen molar-refractivity contribution < 1.29 is 17.9 Å². The summed E-state index contributed by atoms with van der Waals surface area (Å²) in [7, 11) is -3.95. The fraction of sp³-hybridized carbons (Fsp3) is 0.235. The van der Waals surface area contributed by atoms with Crippen molar-refractivity contribution in [2.45, 2.75) is 26.3 Å². The molecule has 10 heteroatoms. The lowest BCUT2D eigenvalue weighted by molar-refractivity contribution is 0.442. The average Bonchev–Trinajstić information content (AvgIpc) is 3.17. The van der Waals surface area contributed by atoms with E-state index in [1.165, 1.54) is 12.1 Å². The molecule has 0 aliphatic carbocycles. The van der Waals surface area contributed by atoms with Gasteiger partial charge >= 0.3 is 10.2 Å². The smallest absolute Gasteiger partial charge is 0.345 e. The molecule has 2 heterocycles. The molecule has 140 valence electrons. The van der Waals surface area contributed by atoms with Gasteiger partial charge in [0.25, 0.3) is 0 Å². The summed E-state index contributed by atoms with van der Waals surface area (Å²) in [6, 6.07) is 7.68. The maximum atomic E-state index is 11.9. The quantitative estimate of drug-likeness (QED) is 0.550. The Hall–Kier alpha value is -3.32. The monoisotopic (exact) mass is 387 g/mol. The Morgan fingerprint density at radius 3 is 2.81 bits per heavy atom. The fourth-order valence-electron chi connectivity index (χ4n) is 2.52. The van der Waals surface area contributed by atoms with Crippen LogP contribution in [0.4, 0.5) is 11.4 Å². The summed E-state index contributed by atoms with van der Waals surface area (Å²) in [5.41, 5.74) is 0.182. The molecule has 0 fully saturated rings. The number of phenols is 1. The van der Waals surface area contributed by atoms with Crippen LogP contribution in [0.2, 0.25) is 0 Å².